The first-order chi connectivity index (χ1) is 5.33. The van der Waals surface area contributed by atoms with E-state index in [9.17, 15) is 0 Å². The Morgan fingerprint density at radius 3 is 2.91 bits per heavy atom. The highest BCUT2D eigenvalue weighted by Gasteiger charge is 2.32. The molecule has 0 aromatic rings. The maximum Gasteiger partial charge on any atom is 0.0526 e. The number of ether oxygens (including phenoxy) is 1. The molecule has 0 saturated carbocycles. The quantitative estimate of drug-likeness (QED) is 0.566. The van der Waals surface area contributed by atoms with Crippen LogP contribution in [0.15, 0.2) is 12.7 Å². The SMILES string of the molecule is C=CCC1(CCC)CCOC1. The van der Waals surface area contributed by atoms with Crippen LogP contribution in [0.1, 0.15) is 32.6 Å². The zero-order chi connectivity index (χ0) is 8.16. The normalized spacial score (nSPS) is 30.6. The van der Waals surface area contributed by atoms with Crippen LogP contribution in [0.3, 0.4) is 0 Å². The van der Waals surface area contributed by atoms with E-state index in [0.29, 0.717) is 5.41 Å². The van der Waals surface area contributed by atoms with Crippen molar-refractivity contribution in [2.24, 2.45) is 5.41 Å². The van der Waals surface area contributed by atoms with Crippen molar-refractivity contribution in [3.8, 4) is 0 Å². The Morgan fingerprint density at radius 1 is 1.64 bits per heavy atom. The van der Waals surface area contributed by atoms with Gasteiger partial charge in [-0.15, -0.1) is 6.58 Å². The number of hydrogen-bond acceptors (Lipinski definition) is 1. The lowest BCUT2D eigenvalue weighted by molar-refractivity contribution is 0.146. The van der Waals surface area contributed by atoms with Gasteiger partial charge in [0.1, 0.15) is 0 Å². The molecule has 0 aliphatic carbocycles. The van der Waals surface area contributed by atoms with Crippen LogP contribution in [0.2, 0.25) is 0 Å². The fourth-order valence-electron chi connectivity index (χ4n) is 1.95. The van der Waals surface area contributed by atoms with Crippen LogP contribution >= 0.6 is 0 Å². The van der Waals surface area contributed by atoms with E-state index in [1.807, 2.05) is 6.08 Å². The third-order valence-corrected chi connectivity index (χ3v) is 2.54. The van der Waals surface area contributed by atoms with Gasteiger partial charge in [0.05, 0.1) is 6.61 Å². The summed E-state index contributed by atoms with van der Waals surface area (Å²) in [5.41, 5.74) is 0.455. The number of rotatable bonds is 4. The summed E-state index contributed by atoms with van der Waals surface area (Å²) >= 11 is 0. The standard InChI is InChI=1S/C10H18O/c1-3-5-10(6-4-2)7-8-11-9-10/h3H,1,4-9H2,2H3. The van der Waals surface area contributed by atoms with Crippen LogP contribution in [0, 0.1) is 5.41 Å². The van der Waals surface area contributed by atoms with Gasteiger partial charge in [-0.05, 0) is 24.7 Å². The highest BCUT2D eigenvalue weighted by atomic mass is 16.5. The molecule has 0 spiro atoms. The number of hydrogen-bond donors (Lipinski definition) is 0. The summed E-state index contributed by atoms with van der Waals surface area (Å²) in [7, 11) is 0. The number of allylic oxidation sites excluding steroid dienone is 1. The van der Waals surface area contributed by atoms with Crippen molar-refractivity contribution in [3.05, 3.63) is 12.7 Å². The van der Waals surface area contributed by atoms with Gasteiger partial charge in [-0.25, -0.2) is 0 Å². The third kappa shape index (κ3) is 2.06. The smallest absolute Gasteiger partial charge is 0.0526 e. The Labute approximate surface area is 69.4 Å². The van der Waals surface area contributed by atoms with E-state index < -0.39 is 0 Å². The van der Waals surface area contributed by atoms with Gasteiger partial charge in [0.2, 0.25) is 0 Å². The van der Waals surface area contributed by atoms with E-state index >= 15 is 0 Å². The Kier molecular flexibility index (Phi) is 3.13. The molecule has 0 aromatic heterocycles. The van der Waals surface area contributed by atoms with Crippen molar-refractivity contribution >= 4 is 0 Å². The molecule has 1 heterocycles. The summed E-state index contributed by atoms with van der Waals surface area (Å²) in [6, 6.07) is 0. The van der Waals surface area contributed by atoms with Gasteiger partial charge in [0.25, 0.3) is 0 Å². The van der Waals surface area contributed by atoms with Crippen LogP contribution < -0.4 is 0 Å². The highest BCUT2D eigenvalue weighted by molar-refractivity contribution is 4.88. The van der Waals surface area contributed by atoms with Crippen molar-refractivity contribution in [1.29, 1.82) is 0 Å². The summed E-state index contributed by atoms with van der Waals surface area (Å²) in [5.74, 6) is 0. The van der Waals surface area contributed by atoms with Crippen LogP contribution in [-0.4, -0.2) is 13.2 Å². The first-order valence-electron chi connectivity index (χ1n) is 4.52. The lowest BCUT2D eigenvalue weighted by atomic mass is 9.80. The molecule has 1 saturated heterocycles. The van der Waals surface area contributed by atoms with Gasteiger partial charge in [-0.1, -0.05) is 19.4 Å². The van der Waals surface area contributed by atoms with Gasteiger partial charge in [-0.3, -0.25) is 0 Å². The molecular formula is C10H18O. The fourth-order valence-corrected chi connectivity index (χ4v) is 1.95. The molecule has 1 fully saturated rings. The molecular weight excluding hydrogens is 136 g/mol. The average molecular weight is 154 g/mol. The molecule has 64 valence electrons. The van der Waals surface area contributed by atoms with E-state index in [0.717, 1.165) is 19.6 Å². The average Bonchev–Trinajstić information content (AvgIpc) is 2.39. The van der Waals surface area contributed by atoms with Crippen molar-refractivity contribution in [2.75, 3.05) is 13.2 Å². The van der Waals surface area contributed by atoms with Crippen LogP contribution in [0.5, 0.6) is 0 Å². The molecule has 1 nitrogen and oxygen atoms in total. The maximum absolute atomic E-state index is 5.42. The first-order valence-corrected chi connectivity index (χ1v) is 4.52. The molecule has 0 aromatic carbocycles. The minimum atomic E-state index is 0.455. The van der Waals surface area contributed by atoms with Crippen molar-refractivity contribution < 1.29 is 4.74 Å². The maximum atomic E-state index is 5.42. The minimum Gasteiger partial charge on any atom is -0.381 e. The molecule has 1 aliphatic rings. The van der Waals surface area contributed by atoms with Gasteiger partial charge in [0.15, 0.2) is 0 Å². The minimum absolute atomic E-state index is 0.455. The Morgan fingerprint density at radius 2 is 2.45 bits per heavy atom. The van der Waals surface area contributed by atoms with E-state index in [-0.39, 0.29) is 0 Å². The predicted octanol–water partition coefficient (Wildman–Crippen LogP) is 2.77. The molecule has 0 N–H and O–H groups in total. The molecule has 1 rings (SSSR count). The fraction of sp³-hybridized carbons (Fsp3) is 0.800. The highest BCUT2D eigenvalue weighted by Crippen LogP contribution is 2.37. The van der Waals surface area contributed by atoms with Gasteiger partial charge >= 0.3 is 0 Å². The molecule has 1 aliphatic heterocycles. The zero-order valence-corrected chi connectivity index (χ0v) is 7.44. The Balaban J connectivity index is 2.46. The molecule has 1 atom stereocenters. The largest absolute Gasteiger partial charge is 0.381 e. The van der Waals surface area contributed by atoms with E-state index in [1.165, 1.54) is 19.3 Å². The summed E-state index contributed by atoms with van der Waals surface area (Å²) < 4.78 is 5.42. The van der Waals surface area contributed by atoms with E-state index in [4.69, 9.17) is 4.74 Å². The van der Waals surface area contributed by atoms with Crippen LogP contribution in [0.4, 0.5) is 0 Å². The monoisotopic (exact) mass is 154 g/mol. The lowest BCUT2D eigenvalue weighted by Crippen LogP contribution is -2.19. The molecule has 0 radical (unpaired) electrons. The van der Waals surface area contributed by atoms with E-state index in [2.05, 4.69) is 13.5 Å². The second kappa shape index (κ2) is 3.91. The van der Waals surface area contributed by atoms with Gasteiger partial charge < -0.3 is 4.74 Å². The third-order valence-electron chi connectivity index (χ3n) is 2.54. The Bertz CT molecular complexity index is 123. The van der Waals surface area contributed by atoms with Crippen molar-refractivity contribution in [2.45, 2.75) is 32.6 Å². The molecule has 0 amide bonds. The van der Waals surface area contributed by atoms with Crippen molar-refractivity contribution in [3.63, 3.8) is 0 Å². The summed E-state index contributed by atoms with van der Waals surface area (Å²) in [4.78, 5) is 0. The van der Waals surface area contributed by atoms with Crippen LogP contribution in [-0.2, 0) is 4.74 Å². The summed E-state index contributed by atoms with van der Waals surface area (Å²) in [5, 5.41) is 0. The van der Waals surface area contributed by atoms with Crippen molar-refractivity contribution in [1.82, 2.24) is 0 Å². The Hall–Kier alpha value is -0.300. The summed E-state index contributed by atoms with van der Waals surface area (Å²) in [6.07, 6.45) is 6.94. The lowest BCUT2D eigenvalue weighted by Gasteiger charge is -2.24. The summed E-state index contributed by atoms with van der Waals surface area (Å²) in [6.45, 7) is 7.94. The van der Waals surface area contributed by atoms with Gasteiger partial charge in [0, 0.05) is 6.61 Å². The molecule has 1 heteroatoms. The zero-order valence-electron chi connectivity index (χ0n) is 7.44. The first kappa shape index (κ1) is 8.79. The molecule has 11 heavy (non-hydrogen) atoms. The second-order valence-electron chi connectivity index (χ2n) is 3.55. The molecule has 0 bridgehead atoms. The molecule has 1 unspecified atom stereocenters. The van der Waals surface area contributed by atoms with E-state index in [1.54, 1.807) is 0 Å². The van der Waals surface area contributed by atoms with Gasteiger partial charge in [-0.2, -0.15) is 0 Å². The van der Waals surface area contributed by atoms with Crippen LogP contribution in [0.25, 0.3) is 0 Å². The topological polar surface area (TPSA) is 9.23 Å². The predicted molar refractivity (Wildman–Crippen MR) is 47.6 cm³/mol. The second-order valence-corrected chi connectivity index (χ2v) is 3.55.